The van der Waals surface area contributed by atoms with Crippen LogP contribution in [-0.2, 0) is 10.3 Å². The van der Waals surface area contributed by atoms with E-state index in [2.05, 4.69) is 27.3 Å². The quantitative estimate of drug-likeness (QED) is 0.177. The third kappa shape index (κ3) is 5.61. The van der Waals surface area contributed by atoms with Crippen molar-refractivity contribution >= 4 is 40.3 Å². The number of aromatic nitrogens is 4. The number of nitrogens with one attached hydrogen (secondary N) is 1. The van der Waals surface area contributed by atoms with E-state index < -0.39 is 17.2 Å². The maximum absolute atomic E-state index is 12.5. The molecule has 242 valence electrons. The summed E-state index contributed by atoms with van der Waals surface area (Å²) in [4.78, 5) is 30.8. The highest BCUT2D eigenvalue weighted by Gasteiger charge is 2.50. The Morgan fingerprint density at radius 1 is 0.979 bits per heavy atom. The van der Waals surface area contributed by atoms with Crippen molar-refractivity contribution in [1.29, 1.82) is 0 Å². The molecule has 11 heteroatoms. The van der Waals surface area contributed by atoms with Gasteiger partial charge in [0.15, 0.2) is 11.5 Å². The van der Waals surface area contributed by atoms with Crippen LogP contribution >= 0.6 is 0 Å². The Morgan fingerprint density at radius 3 is 2.40 bits per heavy atom. The summed E-state index contributed by atoms with van der Waals surface area (Å²) in [5, 5.41) is 13.8. The minimum atomic E-state index is -0.907. The van der Waals surface area contributed by atoms with Crippen LogP contribution in [0.25, 0.3) is 28.2 Å². The summed E-state index contributed by atoms with van der Waals surface area (Å²) < 4.78 is 7.52. The number of rotatable bonds is 7. The van der Waals surface area contributed by atoms with Gasteiger partial charge in [-0.25, -0.2) is 19.7 Å². The first-order chi connectivity index (χ1) is 22.6. The number of morpholine rings is 1. The van der Waals surface area contributed by atoms with Gasteiger partial charge in [0.2, 0.25) is 0 Å². The van der Waals surface area contributed by atoms with Crippen LogP contribution in [0.1, 0.15) is 45.6 Å². The molecule has 1 aliphatic heterocycles. The number of amides is 1. The van der Waals surface area contributed by atoms with Crippen LogP contribution in [0.2, 0.25) is 0 Å². The standard InChI is InChI=1S/C36H40N8O3/c1-35(2,3)44(34(45)46)36(16-6-17-36)24-10-12-26(13-11-24)43-32(28-9-5-18-38-31(28)37)40-29-14-15-30(41-33(29)43)39-25-7-4-8-27(23-25)42-19-21-47-22-20-42/h4-5,7-15,18,23H,6,16-17,19-22H2,1-3H3,(H2,37,38)(H,39,41)(H,45,46). The van der Waals surface area contributed by atoms with E-state index in [1.807, 2.05) is 86.0 Å². The van der Waals surface area contributed by atoms with Crippen molar-refractivity contribution < 1.29 is 14.6 Å². The fourth-order valence-corrected chi connectivity index (χ4v) is 6.99. The van der Waals surface area contributed by atoms with Crippen LogP contribution in [-0.4, -0.2) is 67.5 Å². The lowest BCUT2D eigenvalue weighted by Crippen LogP contribution is -2.60. The minimum absolute atomic E-state index is 0.370. The molecule has 1 amide bonds. The highest BCUT2D eigenvalue weighted by molar-refractivity contribution is 5.84. The second-order valence-corrected chi connectivity index (χ2v) is 13.2. The molecule has 2 fully saturated rings. The zero-order valence-electron chi connectivity index (χ0n) is 27.0. The van der Waals surface area contributed by atoms with Crippen LogP contribution in [0, 0.1) is 0 Å². The van der Waals surface area contributed by atoms with Crippen molar-refractivity contribution in [3.05, 3.63) is 84.6 Å². The van der Waals surface area contributed by atoms with E-state index in [1.54, 1.807) is 11.1 Å². The number of nitrogens with two attached hydrogens (primary N) is 1. The Morgan fingerprint density at radius 2 is 1.74 bits per heavy atom. The van der Waals surface area contributed by atoms with E-state index in [9.17, 15) is 9.90 Å². The van der Waals surface area contributed by atoms with Crippen LogP contribution in [0.5, 0.6) is 0 Å². The first-order valence-electron chi connectivity index (χ1n) is 16.1. The number of carbonyl (C=O) groups is 1. The van der Waals surface area contributed by atoms with Gasteiger partial charge in [0.25, 0.3) is 0 Å². The van der Waals surface area contributed by atoms with Crippen LogP contribution in [0.15, 0.2) is 79.0 Å². The number of carboxylic acid groups (broad SMARTS) is 1. The smallest absolute Gasteiger partial charge is 0.408 e. The van der Waals surface area contributed by atoms with E-state index in [4.69, 9.17) is 20.4 Å². The SMILES string of the molecule is CC(C)(C)N(C(=O)O)C1(c2ccc(-n3c(-c4cccnc4N)nc4ccc(Nc5cccc(N6CCOCC6)c5)nc43)cc2)CCC1. The molecule has 1 aliphatic carbocycles. The molecular formula is C36H40N8O3. The van der Waals surface area contributed by atoms with Gasteiger partial charge < -0.3 is 25.8 Å². The molecule has 4 heterocycles. The molecule has 0 spiro atoms. The van der Waals surface area contributed by atoms with Gasteiger partial charge in [-0.15, -0.1) is 0 Å². The van der Waals surface area contributed by atoms with Crippen molar-refractivity contribution in [3.8, 4) is 17.1 Å². The average molecular weight is 633 g/mol. The summed E-state index contributed by atoms with van der Waals surface area (Å²) in [6.07, 6.45) is 3.30. The first-order valence-corrected chi connectivity index (χ1v) is 16.1. The van der Waals surface area contributed by atoms with Gasteiger partial charge in [-0.05, 0) is 100 Å². The maximum atomic E-state index is 12.5. The predicted octanol–water partition coefficient (Wildman–Crippen LogP) is 6.80. The topological polar surface area (TPSA) is 135 Å². The molecular weight excluding hydrogens is 592 g/mol. The Balaban J connectivity index is 1.29. The van der Waals surface area contributed by atoms with Crippen molar-refractivity contribution in [2.24, 2.45) is 0 Å². The second-order valence-electron chi connectivity index (χ2n) is 13.2. The molecule has 47 heavy (non-hydrogen) atoms. The maximum Gasteiger partial charge on any atom is 0.408 e. The van der Waals surface area contributed by atoms with Gasteiger partial charge in [-0.2, -0.15) is 0 Å². The number of pyridine rings is 2. The van der Waals surface area contributed by atoms with Gasteiger partial charge in [0.05, 0.1) is 24.3 Å². The zero-order valence-corrected chi connectivity index (χ0v) is 27.0. The van der Waals surface area contributed by atoms with Crippen molar-refractivity contribution in [3.63, 3.8) is 0 Å². The number of fused-ring (bicyclic) bond motifs is 1. The molecule has 0 radical (unpaired) electrons. The lowest BCUT2D eigenvalue weighted by atomic mass is 9.69. The number of ether oxygens (including phenoxy) is 1. The Bertz CT molecular complexity index is 1920. The van der Waals surface area contributed by atoms with E-state index >= 15 is 0 Å². The third-order valence-corrected chi connectivity index (χ3v) is 9.21. The van der Waals surface area contributed by atoms with E-state index in [0.717, 1.165) is 68.2 Å². The van der Waals surface area contributed by atoms with E-state index in [1.165, 1.54) is 0 Å². The number of nitrogen functional groups attached to an aromatic ring is 1. The molecule has 1 saturated heterocycles. The van der Waals surface area contributed by atoms with Crippen LogP contribution < -0.4 is 16.0 Å². The summed E-state index contributed by atoms with van der Waals surface area (Å²) in [5.41, 5.74) is 11.2. The molecule has 2 aliphatic rings. The lowest BCUT2D eigenvalue weighted by Gasteiger charge is -2.54. The molecule has 0 bridgehead atoms. The highest BCUT2D eigenvalue weighted by Crippen LogP contribution is 2.49. The molecule has 2 aromatic carbocycles. The molecule has 4 N–H and O–H groups in total. The normalized spacial score (nSPS) is 16.1. The van der Waals surface area contributed by atoms with Crippen LogP contribution in [0.3, 0.4) is 0 Å². The first kappa shape index (κ1) is 30.5. The molecule has 7 rings (SSSR count). The Kier molecular flexibility index (Phi) is 7.71. The molecule has 0 unspecified atom stereocenters. The monoisotopic (exact) mass is 632 g/mol. The van der Waals surface area contributed by atoms with Crippen molar-refractivity contribution in [2.75, 3.05) is 42.3 Å². The Hall–Kier alpha value is -5.16. The van der Waals surface area contributed by atoms with E-state index in [0.29, 0.717) is 34.2 Å². The van der Waals surface area contributed by atoms with Gasteiger partial charge in [0.1, 0.15) is 17.2 Å². The van der Waals surface area contributed by atoms with Gasteiger partial charge in [-0.1, -0.05) is 18.2 Å². The fraction of sp³-hybridized carbons (Fsp3) is 0.333. The summed E-state index contributed by atoms with van der Waals surface area (Å²) >= 11 is 0. The van der Waals surface area contributed by atoms with Gasteiger partial charge in [0, 0.05) is 41.9 Å². The molecule has 11 nitrogen and oxygen atoms in total. The largest absolute Gasteiger partial charge is 0.465 e. The zero-order chi connectivity index (χ0) is 32.8. The lowest BCUT2D eigenvalue weighted by molar-refractivity contribution is -0.0328. The third-order valence-electron chi connectivity index (χ3n) is 9.21. The number of nitrogens with zero attached hydrogens (tertiary/aromatic N) is 6. The predicted molar refractivity (Wildman–Crippen MR) is 184 cm³/mol. The number of hydrogen-bond donors (Lipinski definition) is 3. The Labute approximate surface area is 274 Å². The van der Waals surface area contributed by atoms with E-state index in [-0.39, 0.29) is 0 Å². The van der Waals surface area contributed by atoms with Crippen LogP contribution in [0.4, 0.5) is 27.8 Å². The number of hydrogen-bond acceptors (Lipinski definition) is 8. The van der Waals surface area contributed by atoms with Gasteiger partial charge in [-0.3, -0.25) is 9.47 Å². The van der Waals surface area contributed by atoms with Crippen molar-refractivity contribution in [1.82, 2.24) is 24.4 Å². The molecule has 5 aromatic rings. The number of anilines is 4. The molecule has 3 aromatic heterocycles. The molecule has 1 saturated carbocycles. The second kappa shape index (κ2) is 11.9. The highest BCUT2D eigenvalue weighted by atomic mass is 16.5. The molecule has 0 atom stereocenters. The van der Waals surface area contributed by atoms with Gasteiger partial charge >= 0.3 is 6.09 Å². The number of benzene rings is 2. The minimum Gasteiger partial charge on any atom is -0.465 e. The summed E-state index contributed by atoms with van der Waals surface area (Å²) in [5.74, 6) is 1.67. The summed E-state index contributed by atoms with van der Waals surface area (Å²) in [7, 11) is 0. The summed E-state index contributed by atoms with van der Waals surface area (Å²) in [6, 6.07) is 24.0. The number of imidazole rings is 1. The average Bonchev–Trinajstić information content (AvgIpc) is 3.41. The summed E-state index contributed by atoms with van der Waals surface area (Å²) in [6.45, 7) is 9.02. The van der Waals surface area contributed by atoms with Crippen molar-refractivity contribution in [2.45, 2.75) is 51.1 Å². The fourth-order valence-electron chi connectivity index (χ4n) is 6.99.